The largest absolute Gasteiger partial charge is 0.435 e. The van der Waals surface area contributed by atoms with Gasteiger partial charge in [-0.1, -0.05) is 12.1 Å². The number of nitro benzene ring substituents is 2. The number of nitrogens with zero attached hydrogens (tertiary/aromatic N) is 5. The Morgan fingerprint density at radius 3 is 2.05 bits per heavy atom. The molecule has 1 aromatic heterocycles. The fourth-order valence-electron chi connectivity index (χ4n) is 4.44. The van der Waals surface area contributed by atoms with Crippen molar-refractivity contribution >= 4 is 23.4 Å². The third-order valence-electron chi connectivity index (χ3n) is 6.71. The van der Waals surface area contributed by atoms with E-state index in [1.807, 2.05) is 0 Å². The lowest BCUT2D eigenvalue weighted by Crippen LogP contribution is -2.51. The van der Waals surface area contributed by atoms with Gasteiger partial charge in [0.1, 0.15) is 5.75 Å². The summed E-state index contributed by atoms with van der Waals surface area (Å²) >= 11 is 0. The second kappa shape index (κ2) is 11.8. The normalized spacial score (nSPS) is 13.4. The van der Waals surface area contributed by atoms with Crippen molar-refractivity contribution in [2.24, 2.45) is 0 Å². The van der Waals surface area contributed by atoms with E-state index in [1.54, 1.807) is 0 Å². The minimum absolute atomic E-state index is 0.0208. The van der Waals surface area contributed by atoms with Gasteiger partial charge in [0.05, 0.1) is 21.0 Å². The highest BCUT2D eigenvalue weighted by Gasteiger charge is 2.34. The van der Waals surface area contributed by atoms with E-state index in [1.165, 1.54) is 58.3 Å². The maximum Gasteiger partial charge on any atom is 0.416 e. The quantitative estimate of drug-likeness (QED) is 0.194. The van der Waals surface area contributed by atoms with Crippen LogP contribution in [0.4, 0.5) is 29.3 Å². The molecule has 5 rings (SSSR count). The van der Waals surface area contributed by atoms with Gasteiger partial charge in [-0.25, -0.2) is 9.78 Å². The third kappa shape index (κ3) is 6.18. The van der Waals surface area contributed by atoms with Crippen LogP contribution < -0.4 is 4.74 Å². The molecule has 0 spiro atoms. The number of carbonyl (C=O) groups excluding carboxylic acids is 2. The first-order valence-corrected chi connectivity index (χ1v) is 12.8. The van der Waals surface area contributed by atoms with Crippen molar-refractivity contribution < 1.29 is 41.8 Å². The van der Waals surface area contributed by atoms with Crippen molar-refractivity contribution in [2.45, 2.75) is 6.18 Å². The number of ether oxygens (including phenoxy) is 1. The summed E-state index contributed by atoms with van der Waals surface area (Å²) in [5, 5.41) is 22.5. The molecule has 0 bridgehead atoms. The van der Waals surface area contributed by atoms with Gasteiger partial charge >= 0.3 is 12.3 Å². The van der Waals surface area contributed by atoms with Gasteiger partial charge in [-0.2, -0.15) is 13.2 Å². The third-order valence-corrected chi connectivity index (χ3v) is 6.71. The van der Waals surface area contributed by atoms with Gasteiger partial charge in [0, 0.05) is 49.9 Å². The van der Waals surface area contributed by atoms with Crippen LogP contribution >= 0.6 is 0 Å². The summed E-state index contributed by atoms with van der Waals surface area (Å²) in [6.07, 6.45) is -5.32. The van der Waals surface area contributed by atoms with E-state index < -0.39 is 33.6 Å². The second-order valence-electron chi connectivity index (χ2n) is 9.44. The van der Waals surface area contributed by atoms with Crippen LogP contribution in [0.5, 0.6) is 5.75 Å². The number of rotatable bonds is 6. The molecule has 0 radical (unpaired) electrons. The first-order valence-electron chi connectivity index (χ1n) is 12.8. The number of hydrogen-bond donors (Lipinski definition) is 0. The molecule has 0 N–H and O–H groups in total. The molecule has 1 aliphatic rings. The van der Waals surface area contributed by atoms with Crippen LogP contribution in [0, 0.1) is 20.2 Å². The number of para-hydroxylation sites is 1. The first-order chi connectivity index (χ1) is 20.9. The van der Waals surface area contributed by atoms with Crippen molar-refractivity contribution in [2.75, 3.05) is 26.2 Å². The highest BCUT2D eigenvalue weighted by Crippen LogP contribution is 2.37. The average Bonchev–Trinajstić information content (AvgIpc) is 3.46. The molecule has 3 aromatic carbocycles. The van der Waals surface area contributed by atoms with Crippen LogP contribution in [0.1, 0.15) is 16.1 Å². The average molecular weight is 611 g/mol. The fourth-order valence-corrected chi connectivity index (χ4v) is 4.44. The second-order valence-corrected chi connectivity index (χ2v) is 9.44. The molecule has 44 heavy (non-hydrogen) atoms. The standard InChI is InChI=1S/C28H20F3N5O8/c29-28(30,31)18-7-5-17(6-8-18)25-32-23(24(44-25)21-3-1-2-4-22(21)36(41)42)26(37)33-13-15-34(16-14-33)27(38)43-20-11-9-19(10-12-20)35(39)40/h1-12H,13-16H2. The number of carbonyl (C=O) groups is 2. The van der Waals surface area contributed by atoms with Crippen LogP contribution in [0.3, 0.4) is 0 Å². The summed E-state index contributed by atoms with van der Waals surface area (Å²) in [5.74, 6) is -1.05. The maximum atomic E-state index is 13.7. The molecule has 0 unspecified atom stereocenters. The Kier molecular flexibility index (Phi) is 7.98. The van der Waals surface area contributed by atoms with Crippen molar-refractivity contribution in [1.29, 1.82) is 0 Å². The first kappa shape index (κ1) is 29.7. The minimum Gasteiger partial charge on any atom is -0.435 e. The van der Waals surface area contributed by atoms with Gasteiger partial charge in [0.15, 0.2) is 11.5 Å². The molecule has 2 amide bonds. The molecule has 0 aliphatic carbocycles. The predicted molar refractivity (Wildman–Crippen MR) is 146 cm³/mol. The zero-order valence-corrected chi connectivity index (χ0v) is 22.4. The summed E-state index contributed by atoms with van der Waals surface area (Å²) < 4.78 is 50.2. The van der Waals surface area contributed by atoms with Gasteiger partial charge in [0.25, 0.3) is 17.3 Å². The number of nitro groups is 2. The topological polar surface area (TPSA) is 162 Å². The van der Waals surface area contributed by atoms with Crippen LogP contribution in [0.2, 0.25) is 0 Å². The van der Waals surface area contributed by atoms with Crippen LogP contribution in [0.15, 0.2) is 77.2 Å². The Morgan fingerprint density at radius 1 is 0.841 bits per heavy atom. The van der Waals surface area contributed by atoms with Gasteiger partial charge in [-0.15, -0.1) is 0 Å². The van der Waals surface area contributed by atoms with Gasteiger partial charge < -0.3 is 19.0 Å². The fraction of sp³-hybridized carbons (Fsp3) is 0.179. The number of piperazine rings is 1. The van der Waals surface area contributed by atoms with Crippen molar-refractivity contribution in [3.8, 4) is 28.5 Å². The molecule has 13 nitrogen and oxygen atoms in total. The van der Waals surface area contributed by atoms with Crippen LogP contribution in [-0.2, 0) is 6.18 Å². The lowest BCUT2D eigenvalue weighted by Gasteiger charge is -2.33. The summed E-state index contributed by atoms with van der Waals surface area (Å²) in [6.45, 7) is 0.129. The zero-order chi connectivity index (χ0) is 31.6. The van der Waals surface area contributed by atoms with E-state index in [2.05, 4.69) is 4.98 Å². The Bertz CT molecular complexity index is 1730. The smallest absolute Gasteiger partial charge is 0.416 e. The number of non-ortho nitro benzene ring substituents is 1. The number of halogens is 3. The Morgan fingerprint density at radius 2 is 1.45 bits per heavy atom. The van der Waals surface area contributed by atoms with Crippen molar-refractivity contribution in [3.05, 3.63) is 104 Å². The van der Waals surface area contributed by atoms with Crippen molar-refractivity contribution in [3.63, 3.8) is 0 Å². The predicted octanol–water partition coefficient (Wildman–Crippen LogP) is 5.80. The highest BCUT2D eigenvalue weighted by molar-refractivity contribution is 5.99. The summed E-state index contributed by atoms with van der Waals surface area (Å²) in [6, 6.07) is 14.3. The number of amides is 2. The Balaban J connectivity index is 1.38. The van der Waals surface area contributed by atoms with E-state index in [4.69, 9.17) is 9.15 Å². The van der Waals surface area contributed by atoms with E-state index >= 15 is 0 Å². The van der Waals surface area contributed by atoms with Crippen molar-refractivity contribution in [1.82, 2.24) is 14.8 Å². The molecule has 2 heterocycles. The summed E-state index contributed by atoms with van der Waals surface area (Å²) in [4.78, 5) is 54.5. The number of oxazole rings is 1. The molecular weight excluding hydrogens is 591 g/mol. The molecule has 226 valence electrons. The van der Waals surface area contributed by atoms with E-state index in [0.29, 0.717) is 0 Å². The highest BCUT2D eigenvalue weighted by atomic mass is 19.4. The van der Waals surface area contributed by atoms with E-state index in [0.717, 1.165) is 24.3 Å². The molecular formula is C28H20F3N5O8. The zero-order valence-electron chi connectivity index (χ0n) is 22.4. The SMILES string of the molecule is O=C(Oc1ccc([N+](=O)[O-])cc1)N1CCN(C(=O)c2nc(-c3ccc(C(F)(F)F)cc3)oc2-c2ccccc2[N+](=O)[O-])CC1. The Labute approximate surface area is 245 Å². The van der Waals surface area contributed by atoms with Crippen LogP contribution in [-0.4, -0.2) is 62.8 Å². The molecule has 0 atom stereocenters. The number of hydrogen-bond acceptors (Lipinski definition) is 9. The summed E-state index contributed by atoms with van der Waals surface area (Å²) in [7, 11) is 0. The molecule has 16 heteroatoms. The lowest BCUT2D eigenvalue weighted by atomic mass is 10.1. The molecule has 1 fully saturated rings. The molecule has 4 aromatic rings. The van der Waals surface area contributed by atoms with E-state index in [-0.39, 0.29) is 71.8 Å². The van der Waals surface area contributed by atoms with E-state index in [9.17, 15) is 43.0 Å². The monoisotopic (exact) mass is 611 g/mol. The number of benzene rings is 3. The summed E-state index contributed by atoms with van der Waals surface area (Å²) in [5.41, 5.74) is -1.71. The molecule has 1 aliphatic heterocycles. The Hall–Kier alpha value is -5.80. The molecule has 1 saturated heterocycles. The lowest BCUT2D eigenvalue weighted by molar-refractivity contribution is -0.384. The van der Waals surface area contributed by atoms with Gasteiger partial charge in [-0.05, 0) is 42.5 Å². The molecule has 0 saturated carbocycles. The number of alkyl halides is 3. The van der Waals surface area contributed by atoms with Gasteiger partial charge in [0.2, 0.25) is 5.89 Å². The maximum absolute atomic E-state index is 13.7. The minimum atomic E-state index is -4.58. The van der Waals surface area contributed by atoms with Gasteiger partial charge in [-0.3, -0.25) is 25.0 Å². The van der Waals surface area contributed by atoms with Crippen LogP contribution in [0.25, 0.3) is 22.8 Å². The number of aromatic nitrogens is 1.